The van der Waals surface area contributed by atoms with Crippen molar-refractivity contribution < 1.29 is 8.78 Å². The lowest BCUT2D eigenvalue weighted by molar-refractivity contribution is 0.601. The Bertz CT molecular complexity index is 1070. The number of fused-ring (bicyclic) bond motifs is 1. The molecule has 0 saturated heterocycles. The number of hydrogen-bond acceptors (Lipinski definition) is 1. The predicted octanol–water partition coefficient (Wildman–Crippen LogP) is 5.68. The summed E-state index contributed by atoms with van der Waals surface area (Å²) < 4.78 is 29.9. The molecule has 2 nitrogen and oxygen atoms in total. The van der Waals surface area contributed by atoms with E-state index in [0.29, 0.717) is 17.4 Å². The van der Waals surface area contributed by atoms with Gasteiger partial charge in [-0.1, -0.05) is 35.9 Å². The lowest BCUT2D eigenvalue weighted by Gasteiger charge is -2.11. The van der Waals surface area contributed by atoms with Crippen LogP contribution in [0.4, 0.5) is 8.78 Å². The van der Waals surface area contributed by atoms with Gasteiger partial charge in [0.1, 0.15) is 17.5 Å². The van der Waals surface area contributed by atoms with E-state index in [2.05, 4.69) is 4.98 Å². The number of benzene rings is 3. The van der Waals surface area contributed by atoms with Crippen molar-refractivity contribution in [3.63, 3.8) is 0 Å². The molecule has 25 heavy (non-hydrogen) atoms. The molecule has 4 rings (SSSR count). The molecule has 4 aromatic rings. The highest BCUT2D eigenvalue weighted by Gasteiger charge is 2.17. The minimum atomic E-state index is -0.510. The molecule has 1 heterocycles. The summed E-state index contributed by atoms with van der Waals surface area (Å²) in [6.45, 7) is 0.451. The van der Waals surface area contributed by atoms with Gasteiger partial charge in [-0.15, -0.1) is 0 Å². The fourth-order valence-electron chi connectivity index (χ4n) is 2.93. The van der Waals surface area contributed by atoms with Gasteiger partial charge in [-0.25, -0.2) is 13.8 Å². The number of para-hydroxylation sites is 2. The average molecular weight is 355 g/mol. The van der Waals surface area contributed by atoms with Crippen molar-refractivity contribution in [2.45, 2.75) is 6.54 Å². The lowest BCUT2D eigenvalue weighted by Crippen LogP contribution is -2.03. The molecule has 124 valence electrons. The first-order valence-corrected chi connectivity index (χ1v) is 8.15. The molecular formula is C20H13ClF2N2. The monoisotopic (exact) mass is 354 g/mol. The molecule has 0 aliphatic carbocycles. The van der Waals surface area contributed by atoms with Gasteiger partial charge in [-0.05, 0) is 48.0 Å². The maximum absolute atomic E-state index is 14.3. The summed E-state index contributed by atoms with van der Waals surface area (Å²) >= 11 is 6.07. The average Bonchev–Trinajstić information content (AvgIpc) is 2.96. The number of nitrogens with zero attached hydrogens (tertiary/aromatic N) is 2. The van der Waals surface area contributed by atoms with Crippen molar-refractivity contribution in [3.8, 4) is 11.4 Å². The molecule has 5 heteroatoms. The van der Waals surface area contributed by atoms with Crippen LogP contribution >= 0.6 is 11.6 Å². The lowest BCUT2D eigenvalue weighted by atomic mass is 10.1. The van der Waals surface area contributed by atoms with Crippen LogP contribution in [0.25, 0.3) is 22.4 Å². The number of halogens is 3. The Labute approximate surface area is 148 Å². The zero-order chi connectivity index (χ0) is 17.4. The zero-order valence-electron chi connectivity index (χ0n) is 13.1. The molecule has 0 radical (unpaired) electrons. The van der Waals surface area contributed by atoms with Crippen LogP contribution in [-0.2, 0) is 6.54 Å². The first-order valence-electron chi connectivity index (χ1n) is 7.77. The van der Waals surface area contributed by atoms with Crippen molar-refractivity contribution in [1.82, 2.24) is 9.55 Å². The van der Waals surface area contributed by atoms with E-state index in [4.69, 9.17) is 11.6 Å². The number of aromatic nitrogens is 2. The highest BCUT2D eigenvalue weighted by atomic mass is 35.5. The van der Waals surface area contributed by atoms with Crippen LogP contribution in [0, 0.1) is 11.6 Å². The summed E-state index contributed by atoms with van der Waals surface area (Å²) in [5, 5.41) is 0.625. The Kier molecular flexibility index (Phi) is 3.98. The van der Waals surface area contributed by atoms with Crippen molar-refractivity contribution >= 4 is 22.6 Å². The fraction of sp³-hybridized carbons (Fsp3) is 0.0500. The standard InChI is InChI=1S/C20H13ClF2N2/c21-14-5-3-4-13(10-14)12-25-19-7-2-1-6-18(19)24-20(25)16-11-15(22)8-9-17(16)23/h1-11H,12H2. The molecule has 0 unspecified atom stereocenters. The summed E-state index contributed by atoms with van der Waals surface area (Å²) in [6.07, 6.45) is 0. The van der Waals surface area contributed by atoms with Gasteiger partial charge in [0.25, 0.3) is 0 Å². The molecule has 0 aliphatic rings. The van der Waals surface area contributed by atoms with Crippen molar-refractivity contribution in [2.24, 2.45) is 0 Å². The molecular weight excluding hydrogens is 342 g/mol. The first-order chi connectivity index (χ1) is 12.1. The second-order valence-corrected chi connectivity index (χ2v) is 6.20. The van der Waals surface area contributed by atoms with E-state index in [9.17, 15) is 8.78 Å². The second kappa shape index (κ2) is 6.30. The second-order valence-electron chi connectivity index (χ2n) is 5.76. The van der Waals surface area contributed by atoms with E-state index in [1.807, 2.05) is 47.0 Å². The Morgan fingerprint density at radius 1 is 0.920 bits per heavy atom. The molecule has 0 spiro atoms. The summed E-state index contributed by atoms with van der Waals surface area (Å²) in [6, 6.07) is 18.4. The number of imidazole rings is 1. The van der Waals surface area contributed by atoms with E-state index < -0.39 is 11.6 Å². The van der Waals surface area contributed by atoms with Crippen LogP contribution in [-0.4, -0.2) is 9.55 Å². The Morgan fingerprint density at radius 3 is 2.60 bits per heavy atom. The molecule has 0 bridgehead atoms. The van der Waals surface area contributed by atoms with Gasteiger partial charge >= 0.3 is 0 Å². The molecule has 3 aromatic carbocycles. The van der Waals surface area contributed by atoms with Crippen LogP contribution in [0.2, 0.25) is 5.02 Å². The minimum Gasteiger partial charge on any atom is -0.319 e. The van der Waals surface area contributed by atoms with Crippen molar-refractivity contribution in [3.05, 3.63) is 89.0 Å². The molecule has 0 N–H and O–H groups in total. The van der Waals surface area contributed by atoms with E-state index in [1.165, 1.54) is 6.07 Å². The van der Waals surface area contributed by atoms with Gasteiger partial charge in [0.15, 0.2) is 0 Å². The molecule has 0 saturated carbocycles. The van der Waals surface area contributed by atoms with Gasteiger partial charge < -0.3 is 4.57 Å². The number of hydrogen-bond donors (Lipinski definition) is 0. The van der Waals surface area contributed by atoms with Crippen LogP contribution < -0.4 is 0 Å². The minimum absolute atomic E-state index is 0.137. The van der Waals surface area contributed by atoms with Crippen LogP contribution in [0.3, 0.4) is 0 Å². The quantitative estimate of drug-likeness (QED) is 0.462. The van der Waals surface area contributed by atoms with Gasteiger partial charge in [-0.2, -0.15) is 0 Å². The van der Waals surface area contributed by atoms with Crippen LogP contribution in [0.5, 0.6) is 0 Å². The first kappa shape index (κ1) is 15.8. The van der Waals surface area contributed by atoms with Gasteiger partial charge in [0, 0.05) is 11.6 Å². The highest BCUT2D eigenvalue weighted by Crippen LogP contribution is 2.28. The Balaban J connectivity index is 1.93. The third-order valence-corrected chi connectivity index (χ3v) is 4.29. The summed E-state index contributed by atoms with van der Waals surface area (Å²) in [5.74, 6) is -0.625. The Hall–Kier alpha value is -2.72. The maximum Gasteiger partial charge on any atom is 0.144 e. The third kappa shape index (κ3) is 3.01. The summed E-state index contributed by atoms with van der Waals surface area (Å²) in [4.78, 5) is 4.53. The molecule has 0 fully saturated rings. The van der Waals surface area contributed by atoms with Gasteiger partial charge in [-0.3, -0.25) is 0 Å². The van der Waals surface area contributed by atoms with E-state index in [0.717, 1.165) is 28.7 Å². The summed E-state index contributed by atoms with van der Waals surface area (Å²) in [7, 11) is 0. The number of rotatable bonds is 3. The normalized spacial score (nSPS) is 11.2. The van der Waals surface area contributed by atoms with E-state index >= 15 is 0 Å². The SMILES string of the molecule is Fc1ccc(F)c(-c2nc3ccccc3n2Cc2cccc(Cl)c2)c1. The van der Waals surface area contributed by atoms with Crippen molar-refractivity contribution in [1.29, 1.82) is 0 Å². The van der Waals surface area contributed by atoms with Gasteiger partial charge in [0.05, 0.1) is 16.6 Å². The predicted molar refractivity (Wildman–Crippen MR) is 95.6 cm³/mol. The summed E-state index contributed by atoms with van der Waals surface area (Å²) in [5.41, 5.74) is 2.66. The van der Waals surface area contributed by atoms with E-state index in [1.54, 1.807) is 6.07 Å². The topological polar surface area (TPSA) is 17.8 Å². The molecule has 0 atom stereocenters. The largest absolute Gasteiger partial charge is 0.319 e. The van der Waals surface area contributed by atoms with Crippen LogP contribution in [0.1, 0.15) is 5.56 Å². The smallest absolute Gasteiger partial charge is 0.144 e. The zero-order valence-corrected chi connectivity index (χ0v) is 13.8. The molecule has 1 aromatic heterocycles. The molecule has 0 aliphatic heterocycles. The third-order valence-electron chi connectivity index (χ3n) is 4.05. The fourth-order valence-corrected chi connectivity index (χ4v) is 3.14. The van der Waals surface area contributed by atoms with Crippen LogP contribution in [0.15, 0.2) is 66.7 Å². The van der Waals surface area contributed by atoms with Gasteiger partial charge in [0.2, 0.25) is 0 Å². The van der Waals surface area contributed by atoms with Crippen molar-refractivity contribution in [2.75, 3.05) is 0 Å². The maximum atomic E-state index is 14.3. The molecule has 0 amide bonds. The van der Waals surface area contributed by atoms with E-state index in [-0.39, 0.29) is 5.56 Å². The Morgan fingerprint density at radius 2 is 1.76 bits per heavy atom. The highest BCUT2D eigenvalue weighted by molar-refractivity contribution is 6.30.